The zero-order chi connectivity index (χ0) is 14.5. The van der Waals surface area contributed by atoms with Gasteiger partial charge in [-0.3, -0.25) is 9.69 Å². The number of rotatable bonds is 4. The topological polar surface area (TPSA) is 58.6 Å². The SMILES string of the molecule is CCCNC(=O)N1CC(CC(=O)OC)c2ccccc21. The molecular weight excluding hydrogens is 256 g/mol. The van der Waals surface area contributed by atoms with Crippen molar-refractivity contribution < 1.29 is 14.3 Å². The summed E-state index contributed by atoms with van der Waals surface area (Å²) in [4.78, 5) is 25.4. The number of benzene rings is 1. The number of fused-ring (bicyclic) bond motifs is 1. The molecule has 0 saturated heterocycles. The molecule has 0 saturated carbocycles. The van der Waals surface area contributed by atoms with E-state index >= 15 is 0 Å². The second-order valence-electron chi connectivity index (χ2n) is 4.88. The third-order valence-corrected chi connectivity index (χ3v) is 3.48. The molecule has 1 aromatic rings. The van der Waals surface area contributed by atoms with Crippen molar-refractivity contribution in [1.29, 1.82) is 0 Å². The van der Waals surface area contributed by atoms with Gasteiger partial charge in [0, 0.05) is 24.7 Å². The Morgan fingerprint density at radius 3 is 2.85 bits per heavy atom. The van der Waals surface area contributed by atoms with Gasteiger partial charge in [0.05, 0.1) is 13.5 Å². The van der Waals surface area contributed by atoms with E-state index in [2.05, 4.69) is 5.32 Å². The van der Waals surface area contributed by atoms with Crippen LogP contribution in [-0.4, -0.2) is 32.2 Å². The first-order valence-electron chi connectivity index (χ1n) is 6.88. The number of nitrogens with zero attached hydrogens (tertiary/aromatic N) is 1. The monoisotopic (exact) mass is 276 g/mol. The van der Waals surface area contributed by atoms with Crippen LogP contribution >= 0.6 is 0 Å². The van der Waals surface area contributed by atoms with Crippen molar-refractivity contribution in [1.82, 2.24) is 5.32 Å². The second kappa shape index (κ2) is 6.41. The largest absolute Gasteiger partial charge is 0.469 e. The average molecular weight is 276 g/mol. The Labute approximate surface area is 118 Å². The molecule has 0 spiro atoms. The molecule has 0 fully saturated rings. The molecule has 20 heavy (non-hydrogen) atoms. The molecule has 0 radical (unpaired) electrons. The van der Waals surface area contributed by atoms with Crippen LogP contribution < -0.4 is 10.2 Å². The number of nitrogens with one attached hydrogen (secondary N) is 1. The maximum absolute atomic E-state index is 12.2. The number of anilines is 1. The molecular formula is C15H20N2O3. The van der Waals surface area contributed by atoms with Crippen molar-refractivity contribution in [2.45, 2.75) is 25.7 Å². The Bertz CT molecular complexity index is 502. The molecule has 1 heterocycles. The van der Waals surface area contributed by atoms with E-state index in [1.807, 2.05) is 31.2 Å². The molecule has 1 unspecified atom stereocenters. The van der Waals surface area contributed by atoms with Crippen molar-refractivity contribution in [3.8, 4) is 0 Å². The summed E-state index contributed by atoms with van der Waals surface area (Å²) >= 11 is 0. The molecule has 0 aromatic heterocycles. The van der Waals surface area contributed by atoms with Crippen LogP contribution in [0.3, 0.4) is 0 Å². The predicted molar refractivity (Wildman–Crippen MR) is 76.9 cm³/mol. The van der Waals surface area contributed by atoms with Gasteiger partial charge in [0.2, 0.25) is 0 Å². The van der Waals surface area contributed by atoms with E-state index in [0.717, 1.165) is 17.7 Å². The maximum Gasteiger partial charge on any atom is 0.321 e. The van der Waals surface area contributed by atoms with Crippen molar-refractivity contribution in [3.05, 3.63) is 29.8 Å². The summed E-state index contributed by atoms with van der Waals surface area (Å²) in [5.74, 6) is -0.244. The lowest BCUT2D eigenvalue weighted by Crippen LogP contribution is -2.39. The van der Waals surface area contributed by atoms with Crippen molar-refractivity contribution in [2.24, 2.45) is 0 Å². The van der Waals surface area contributed by atoms with Crippen LogP contribution in [-0.2, 0) is 9.53 Å². The number of methoxy groups -OCH3 is 1. The van der Waals surface area contributed by atoms with Gasteiger partial charge < -0.3 is 10.1 Å². The lowest BCUT2D eigenvalue weighted by molar-refractivity contribution is -0.141. The number of urea groups is 1. The minimum Gasteiger partial charge on any atom is -0.469 e. The van der Waals surface area contributed by atoms with E-state index in [0.29, 0.717) is 19.5 Å². The first-order valence-corrected chi connectivity index (χ1v) is 6.88. The van der Waals surface area contributed by atoms with Gasteiger partial charge in [0.25, 0.3) is 0 Å². The number of amides is 2. The molecule has 5 heteroatoms. The van der Waals surface area contributed by atoms with Crippen LogP contribution in [0.5, 0.6) is 0 Å². The summed E-state index contributed by atoms with van der Waals surface area (Å²) in [6.07, 6.45) is 1.19. The minimum atomic E-state index is -0.249. The number of para-hydroxylation sites is 1. The summed E-state index contributed by atoms with van der Waals surface area (Å²) in [5, 5.41) is 2.87. The van der Waals surface area contributed by atoms with Crippen LogP contribution in [0.15, 0.2) is 24.3 Å². The second-order valence-corrected chi connectivity index (χ2v) is 4.88. The minimum absolute atomic E-state index is 0.00558. The van der Waals surface area contributed by atoms with Gasteiger partial charge in [-0.1, -0.05) is 25.1 Å². The fourth-order valence-corrected chi connectivity index (χ4v) is 2.47. The highest BCUT2D eigenvalue weighted by molar-refractivity contribution is 5.95. The normalized spacial score (nSPS) is 16.7. The third kappa shape index (κ3) is 2.92. The highest BCUT2D eigenvalue weighted by atomic mass is 16.5. The molecule has 2 rings (SSSR count). The summed E-state index contributed by atoms with van der Waals surface area (Å²) in [6.45, 7) is 3.18. The summed E-state index contributed by atoms with van der Waals surface area (Å²) in [6, 6.07) is 7.61. The number of carbonyl (C=O) groups is 2. The average Bonchev–Trinajstić information content (AvgIpc) is 2.83. The first kappa shape index (κ1) is 14.4. The van der Waals surface area contributed by atoms with Gasteiger partial charge in [-0.2, -0.15) is 0 Å². The lowest BCUT2D eigenvalue weighted by atomic mass is 9.98. The zero-order valence-corrected chi connectivity index (χ0v) is 11.9. The van der Waals surface area contributed by atoms with Crippen LogP contribution in [0.25, 0.3) is 0 Å². The molecule has 1 aliphatic rings. The van der Waals surface area contributed by atoms with Crippen LogP contribution in [0.2, 0.25) is 0 Å². The van der Waals surface area contributed by atoms with Crippen molar-refractivity contribution >= 4 is 17.7 Å². The van der Waals surface area contributed by atoms with Gasteiger partial charge >= 0.3 is 12.0 Å². The highest BCUT2D eigenvalue weighted by Crippen LogP contribution is 2.37. The van der Waals surface area contributed by atoms with Crippen LogP contribution in [0, 0.1) is 0 Å². The van der Waals surface area contributed by atoms with Crippen LogP contribution in [0.1, 0.15) is 31.2 Å². The van der Waals surface area contributed by atoms with E-state index < -0.39 is 0 Å². The summed E-state index contributed by atoms with van der Waals surface area (Å²) in [7, 11) is 1.38. The first-order chi connectivity index (χ1) is 9.67. The van der Waals surface area contributed by atoms with Crippen LogP contribution in [0.4, 0.5) is 10.5 Å². The van der Waals surface area contributed by atoms with Gasteiger partial charge in [-0.25, -0.2) is 4.79 Å². The molecule has 2 amide bonds. The molecule has 0 aliphatic carbocycles. The standard InChI is InChI=1S/C15H20N2O3/c1-3-8-16-15(19)17-10-11(9-14(18)20-2)12-6-4-5-7-13(12)17/h4-7,11H,3,8-10H2,1-2H3,(H,16,19). The number of ether oxygens (including phenoxy) is 1. The summed E-state index contributed by atoms with van der Waals surface area (Å²) < 4.78 is 4.73. The molecule has 1 aromatic carbocycles. The molecule has 5 nitrogen and oxygen atoms in total. The fraction of sp³-hybridized carbons (Fsp3) is 0.467. The van der Waals surface area contributed by atoms with E-state index in [9.17, 15) is 9.59 Å². The third-order valence-electron chi connectivity index (χ3n) is 3.48. The van der Waals surface area contributed by atoms with Gasteiger partial charge in [0.1, 0.15) is 0 Å². The van der Waals surface area contributed by atoms with Gasteiger partial charge in [-0.15, -0.1) is 0 Å². The highest BCUT2D eigenvalue weighted by Gasteiger charge is 2.33. The zero-order valence-electron chi connectivity index (χ0n) is 11.9. The number of hydrogen-bond acceptors (Lipinski definition) is 3. The fourth-order valence-electron chi connectivity index (χ4n) is 2.47. The predicted octanol–water partition coefficient (Wildman–Crippen LogP) is 2.27. The number of esters is 1. The smallest absolute Gasteiger partial charge is 0.321 e. The lowest BCUT2D eigenvalue weighted by Gasteiger charge is -2.18. The van der Waals surface area contributed by atoms with Crippen molar-refractivity contribution in [2.75, 3.05) is 25.1 Å². The molecule has 108 valence electrons. The Hall–Kier alpha value is -2.04. The number of hydrogen-bond donors (Lipinski definition) is 1. The van der Waals surface area contributed by atoms with Gasteiger partial charge in [0.15, 0.2) is 0 Å². The number of carbonyl (C=O) groups excluding carboxylic acids is 2. The molecule has 1 aliphatic heterocycles. The van der Waals surface area contributed by atoms with E-state index in [1.165, 1.54) is 7.11 Å². The Morgan fingerprint density at radius 2 is 2.15 bits per heavy atom. The molecule has 0 bridgehead atoms. The Kier molecular flexibility index (Phi) is 4.61. The Morgan fingerprint density at radius 1 is 1.40 bits per heavy atom. The van der Waals surface area contributed by atoms with Crippen molar-refractivity contribution in [3.63, 3.8) is 0 Å². The summed E-state index contributed by atoms with van der Waals surface area (Å²) in [5.41, 5.74) is 1.92. The quantitative estimate of drug-likeness (QED) is 0.858. The van der Waals surface area contributed by atoms with E-state index in [-0.39, 0.29) is 17.9 Å². The van der Waals surface area contributed by atoms with E-state index in [4.69, 9.17) is 4.74 Å². The maximum atomic E-state index is 12.2. The Balaban J connectivity index is 2.17. The molecule has 1 N–H and O–H groups in total. The van der Waals surface area contributed by atoms with E-state index in [1.54, 1.807) is 4.90 Å². The molecule has 1 atom stereocenters. The van der Waals surface area contributed by atoms with Gasteiger partial charge in [-0.05, 0) is 18.1 Å².